The predicted octanol–water partition coefficient (Wildman–Crippen LogP) is 2.48. The van der Waals surface area contributed by atoms with Crippen molar-refractivity contribution in [1.29, 1.82) is 0 Å². The zero-order valence-corrected chi connectivity index (χ0v) is 13.3. The monoisotopic (exact) mass is 325 g/mol. The Kier molecular flexibility index (Phi) is 5.08. The van der Waals surface area contributed by atoms with E-state index in [-0.39, 0.29) is 5.91 Å². The highest BCUT2D eigenvalue weighted by atomic mass is 35.5. The van der Waals surface area contributed by atoms with Crippen molar-refractivity contribution in [3.63, 3.8) is 0 Å². The standard InChI is InChI=1S/C13H16ClN5OS/c1-8-17-18-13(19(8)2)21-6-5-12(20)16-9-3-4-10(14)11(15)7-9/h3-4,7H,5-6,15H2,1-2H3,(H,16,20). The Balaban J connectivity index is 1.82. The Labute approximate surface area is 132 Å². The lowest BCUT2D eigenvalue weighted by molar-refractivity contribution is -0.115. The van der Waals surface area contributed by atoms with Crippen LogP contribution in [0.15, 0.2) is 23.4 Å². The van der Waals surface area contributed by atoms with Gasteiger partial charge in [-0.2, -0.15) is 0 Å². The second-order valence-corrected chi connectivity index (χ2v) is 5.94. The van der Waals surface area contributed by atoms with Crippen molar-refractivity contribution >= 4 is 40.6 Å². The molecule has 0 atom stereocenters. The summed E-state index contributed by atoms with van der Waals surface area (Å²) in [5.41, 5.74) is 6.77. The summed E-state index contributed by atoms with van der Waals surface area (Å²) < 4.78 is 1.89. The summed E-state index contributed by atoms with van der Waals surface area (Å²) in [5, 5.41) is 12.1. The molecule has 1 aromatic heterocycles. The molecule has 6 nitrogen and oxygen atoms in total. The average Bonchev–Trinajstić information content (AvgIpc) is 2.75. The molecule has 1 amide bonds. The van der Waals surface area contributed by atoms with E-state index in [0.29, 0.717) is 28.6 Å². The van der Waals surface area contributed by atoms with Crippen LogP contribution in [0.25, 0.3) is 0 Å². The summed E-state index contributed by atoms with van der Waals surface area (Å²) in [6.07, 6.45) is 0.374. The van der Waals surface area contributed by atoms with E-state index in [1.165, 1.54) is 11.8 Å². The number of carbonyl (C=O) groups is 1. The fourth-order valence-electron chi connectivity index (χ4n) is 1.59. The van der Waals surface area contributed by atoms with E-state index < -0.39 is 0 Å². The van der Waals surface area contributed by atoms with E-state index in [2.05, 4.69) is 15.5 Å². The number of nitrogens with two attached hydrogens (primary N) is 1. The predicted molar refractivity (Wildman–Crippen MR) is 85.6 cm³/mol. The summed E-state index contributed by atoms with van der Waals surface area (Å²) in [6.45, 7) is 1.88. The molecule has 1 aromatic carbocycles. The Hall–Kier alpha value is -1.73. The molecule has 0 bridgehead atoms. The van der Waals surface area contributed by atoms with Gasteiger partial charge in [-0.3, -0.25) is 4.79 Å². The number of benzene rings is 1. The van der Waals surface area contributed by atoms with Crippen LogP contribution in [-0.4, -0.2) is 26.4 Å². The Morgan fingerprint density at radius 1 is 1.48 bits per heavy atom. The minimum atomic E-state index is -0.0805. The molecule has 0 unspecified atom stereocenters. The van der Waals surface area contributed by atoms with Crippen LogP contribution in [0, 0.1) is 6.92 Å². The highest BCUT2D eigenvalue weighted by Crippen LogP contribution is 2.22. The lowest BCUT2D eigenvalue weighted by Gasteiger charge is -2.06. The molecule has 112 valence electrons. The van der Waals surface area contributed by atoms with Gasteiger partial charge in [-0.15, -0.1) is 10.2 Å². The van der Waals surface area contributed by atoms with Crippen LogP contribution in [-0.2, 0) is 11.8 Å². The van der Waals surface area contributed by atoms with E-state index in [9.17, 15) is 4.79 Å². The SMILES string of the molecule is Cc1nnc(SCCC(=O)Nc2ccc(Cl)c(N)c2)n1C. The van der Waals surface area contributed by atoms with Crippen LogP contribution in [0.1, 0.15) is 12.2 Å². The maximum atomic E-state index is 11.8. The van der Waals surface area contributed by atoms with Gasteiger partial charge in [0.2, 0.25) is 5.91 Å². The smallest absolute Gasteiger partial charge is 0.225 e. The summed E-state index contributed by atoms with van der Waals surface area (Å²) in [7, 11) is 1.90. The van der Waals surface area contributed by atoms with Crippen LogP contribution in [0.2, 0.25) is 5.02 Å². The zero-order chi connectivity index (χ0) is 15.4. The highest BCUT2D eigenvalue weighted by Gasteiger charge is 2.08. The number of nitrogen functional groups attached to an aromatic ring is 1. The number of nitrogens with one attached hydrogen (secondary N) is 1. The summed E-state index contributed by atoms with van der Waals surface area (Å²) in [6, 6.07) is 5.01. The van der Waals surface area contributed by atoms with Gasteiger partial charge < -0.3 is 15.6 Å². The molecule has 0 saturated carbocycles. The molecule has 0 aliphatic rings. The van der Waals surface area contributed by atoms with Crippen LogP contribution in [0.3, 0.4) is 0 Å². The molecule has 0 aliphatic carbocycles. The lowest BCUT2D eigenvalue weighted by atomic mass is 10.2. The quantitative estimate of drug-likeness (QED) is 0.651. The van der Waals surface area contributed by atoms with Gasteiger partial charge in [-0.25, -0.2) is 0 Å². The van der Waals surface area contributed by atoms with E-state index in [1.54, 1.807) is 18.2 Å². The molecule has 0 radical (unpaired) electrons. The molecule has 0 spiro atoms. The Bertz CT molecular complexity index is 658. The Morgan fingerprint density at radius 2 is 2.24 bits per heavy atom. The molecule has 0 fully saturated rings. The normalized spacial score (nSPS) is 10.6. The number of thioether (sulfide) groups is 1. The third-order valence-electron chi connectivity index (χ3n) is 2.89. The molecule has 0 aliphatic heterocycles. The zero-order valence-electron chi connectivity index (χ0n) is 11.8. The summed E-state index contributed by atoms with van der Waals surface area (Å²) in [5.74, 6) is 1.39. The van der Waals surface area contributed by atoms with Gasteiger partial charge in [-0.05, 0) is 25.1 Å². The number of rotatable bonds is 5. The third kappa shape index (κ3) is 4.12. The fourth-order valence-corrected chi connectivity index (χ4v) is 2.61. The topological polar surface area (TPSA) is 85.8 Å². The molecular weight excluding hydrogens is 310 g/mol. The summed E-state index contributed by atoms with van der Waals surface area (Å²) in [4.78, 5) is 11.8. The number of amides is 1. The van der Waals surface area contributed by atoms with Crippen LogP contribution in [0.4, 0.5) is 11.4 Å². The van der Waals surface area contributed by atoms with Crippen LogP contribution < -0.4 is 11.1 Å². The molecule has 2 rings (SSSR count). The van der Waals surface area contributed by atoms with E-state index >= 15 is 0 Å². The Morgan fingerprint density at radius 3 is 2.86 bits per heavy atom. The van der Waals surface area contributed by atoms with Gasteiger partial charge in [0.25, 0.3) is 0 Å². The number of aryl methyl sites for hydroxylation is 1. The summed E-state index contributed by atoms with van der Waals surface area (Å²) >= 11 is 7.32. The van der Waals surface area contributed by atoms with Crippen molar-refractivity contribution in [2.24, 2.45) is 7.05 Å². The van der Waals surface area contributed by atoms with Crippen molar-refractivity contribution in [1.82, 2.24) is 14.8 Å². The second kappa shape index (κ2) is 6.82. The van der Waals surface area contributed by atoms with Crippen LogP contribution in [0.5, 0.6) is 0 Å². The van der Waals surface area contributed by atoms with Gasteiger partial charge in [0.1, 0.15) is 5.82 Å². The minimum Gasteiger partial charge on any atom is -0.397 e. The van der Waals surface area contributed by atoms with Crippen molar-refractivity contribution in [3.8, 4) is 0 Å². The molecule has 0 saturated heterocycles. The average molecular weight is 326 g/mol. The number of carbonyl (C=O) groups excluding carboxylic acids is 1. The number of nitrogens with zero attached hydrogens (tertiary/aromatic N) is 3. The van der Waals surface area contributed by atoms with Crippen molar-refractivity contribution in [3.05, 3.63) is 29.0 Å². The maximum Gasteiger partial charge on any atom is 0.225 e. The van der Waals surface area contributed by atoms with Crippen molar-refractivity contribution in [2.45, 2.75) is 18.5 Å². The maximum absolute atomic E-state index is 11.8. The number of halogens is 1. The third-order valence-corrected chi connectivity index (χ3v) is 4.26. The molecule has 3 N–H and O–H groups in total. The van der Waals surface area contributed by atoms with Gasteiger partial charge in [-0.1, -0.05) is 23.4 Å². The fraction of sp³-hybridized carbons (Fsp3) is 0.308. The van der Waals surface area contributed by atoms with Crippen molar-refractivity contribution < 1.29 is 4.79 Å². The van der Waals surface area contributed by atoms with Gasteiger partial charge in [0.05, 0.1) is 10.7 Å². The number of hydrogen-bond donors (Lipinski definition) is 2. The minimum absolute atomic E-state index is 0.0805. The molecule has 2 aromatic rings. The number of aromatic nitrogens is 3. The first-order valence-electron chi connectivity index (χ1n) is 6.31. The first kappa shape index (κ1) is 15.7. The number of anilines is 2. The van der Waals surface area contributed by atoms with E-state index in [4.69, 9.17) is 17.3 Å². The second-order valence-electron chi connectivity index (χ2n) is 4.47. The van der Waals surface area contributed by atoms with E-state index in [1.807, 2.05) is 18.5 Å². The lowest BCUT2D eigenvalue weighted by Crippen LogP contribution is -2.12. The van der Waals surface area contributed by atoms with Gasteiger partial charge in [0.15, 0.2) is 5.16 Å². The van der Waals surface area contributed by atoms with Gasteiger partial charge >= 0.3 is 0 Å². The van der Waals surface area contributed by atoms with Crippen molar-refractivity contribution in [2.75, 3.05) is 16.8 Å². The highest BCUT2D eigenvalue weighted by molar-refractivity contribution is 7.99. The first-order chi connectivity index (χ1) is 9.97. The van der Waals surface area contributed by atoms with Gasteiger partial charge in [0, 0.05) is 24.9 Å². The molecule has 21 heavy (non-hydrogen) atoms. The molecular formula is C13H16ClN5OS. The van der Waals surface area contributed by atoms with Crippen LogP contribution >= 0.6 is 23.4 Å². The molecule has 1 heterocycles. The number of hydrogen-bond acceptors (Lipinski definition) is 5. The molecule has 8 heteroatoms. The largest absolute Gasteiger partial charge is 0.397 e. The van der Waals surface area contributed by atoms with E-state index in [0.717, 1.165) is 11.0 Å². The first-order valence-corrected chi connectivity index (χ1v) is 7.67.